The fourth-order valence-electron chi connectivity index (χ4n) is 6.36. The highest BCUT2D eigenvalue weighted by molar-refractivity contribution is 6.25. The fraction of sp³-hybridized carbons (Fsp3) is 0.0256. The molecule has 0 aliphatic carbocycles. The lowest BCUT2D eigenvalue weighted by atomic mass is 9.95. The first kappa shape index (κ1) is 24.6. The van der Waals surface area contributed by atoms with E-state index < -0.39 is 0 Å². The molecule has 1 aliphatic heterocycles. The number of hydrogen-bond acceptors (Lipinski definition) is 5. The van der Waals surface area contributed by atoms with Crippen molar-refractivity contribution in [3.8, 4) is 11.1 Å². The number of rotatable bonds is 4. The highest BCUT2D eigenvalue weighted by atomic mass is 16.3. The van der Waals surface area contributed by atoms with Gasteiger partial charge in [-0.3, -0.25) is 0 Å². The number of benzene rings is 6. The van der Waals surface area contributed by atoms with Crippen molar-refractivity contribution in [1.29, 1.82) is 0 Å². The summed E-state index contributed by atoms with van der Waals surface area (Å²) in [4.78, 5) is 10.1. The normalized spacial score (nSPS) is 15.0. The molecular formula is C39H25N3O2. The second kappa shape index (κ2) is 9.82. The van der Waals surface area contributed by atoms with Gasteiger partial charge in [-0.2, -0.15) is 0 Å². The summed E-state index contributed by atoms with van der Waals surface area (Å²) in [5, 5.41) is 7.86. The van der Waals surface area contributed by atoms with Crippen molar-refractivity contribution >= 4 is 55.5 Å². The van der Waals surface area contributed by atoms with Crippen molar-refractivity contribution in [3.05, 3.63) is 156 Å². The van der Waals surface area contributed by atoms with Gasteiger partial charge >= 0.3 is 0 Å². The Morgan fingerprint density at radius 3 is 1.93 bits per heavy atom. The minimum absolute atomic E-state index is 0.295. The van der Waals surface area contributed by atoms with Crippen LogP contribution >= 0.6 is 0 Å². The van der Waals surface area contributed by atoms with Crippen molar-refractivity contribution < 1.29 is 8.83 Å². The quantitative estimate of drug-likeness (QED) is 0.230. The lowest BCUT2D eigenvalue weighted by Gasteiger charge is -2.24. The summed E-state index contributed by atoms with van der Waals surface area (Å²) >= 11 is 0. The van der Waals surface area contributed by atoms with Gasteiger partial charge in [-0.15, -0.1) is 0 Å². The maximum atomic E-state index is 6.50. The molecule has 2 aromatic heterocycles. The molecule has 5 heteroatoms. The number of amidine groups is 2. The third-order valence-corrected chi connectivity index (χ3v) is 8.36. The van der Waals surface area contributed by atoms with Crippen LogP contribution in [-0.2, 0) is 0 Å². The van der Waals surface area contributed by atoms with Gasteiger partial charge < -0.3 is 14.2 Å². The average molecular weight is 568 g/mol. The third kappa shape index (κ3) is 3.87. The Kier molecular flexibility index (Phi) is 5.50. The molecule has 1 unspecified atom stereocenters. The summed E-state index contributed by atoms with van der Waals surface area (Å²) in [5.41, 5.74) is 8.40. The van der Waals surface area contributed by atoms with Gasteiger partial charge in [-0.1, -0.05) is 121 Å². The third-order valence-electron chi connectivity index (χ3n) is 8.36. The lowest BCUT2D eigenvalue weighted by Crippen LogP contribution is -2.33. The van der Waals surface area contributed by atoms with Crippen molar-refractivity contribution in [2.75, 3.05) is 0 Å². The number of nitrogens with zero attached hydrogens (tertiary/aromatic N) is 2. The zero-order valence-corrected chi connectivity index (χ0v) is 23.6. The monoisotopic (exact) mass is 567 g/mol. The zero-order valence-electron chi connectivity index (χ0n) is 23.6. The van der Waals surface area contributed by atoms with E-state index in [1.54, 1.807) is 0 Å². The molecule has 0 radical (unpaired) electrons. The van der Waals surface area contributed by atoms with E-state index in [4.69, 9.17) is 18.8 Å². The zero-order chi connectivity index (χ0) is 29.0. The van der Waals surface area contributed by atoms with Gasteiger partial charge in [0.05, 0.1) is 0 Å². The Labute approximate surface area is 252 Å². The van der Waals surface area contributed by atoms with Crippen molar-refractivity contribution in [2.45, 2.75) is 6.17 Å². The van der Waals surface area contributed by atoms with Gasteiger partial charge in [0.25, 0.3) is 0 Å². The number of para-hydroxylation sites is 2. The van der Waals surface area contributed by atoms with Gasteiger partial charge in [0, 0.05) is 38.2 Å². The van der Waals surface area contributed by atoms with Crippen LogP contribution in [0.2, 0.25) is 0 Å². The Bertz CT molecular complexity index is 2420. The Morgan fingerprint density at radius 2 is 1.11 bits per heavy atom. The number of aliphatic imine (C=N–C) groups is 2. The van der Waals surface area contributed by atoms with E-state index in [0.29, 0.717) is 5.84 Å². The predicted molar refractivity (Wildman–Crippen MR) is 178 cm³/mol. The van der Waals surface area contributed by atoms with Crippen LogP contribution in [-0.4, -0.2) is 11.7 Å². The molecule has 3 heterocycles. The Morgan fingerprint density at radius 1 is 0.500 bits per heavy atom. The molecule has 8 aromatic rings. The molecule has 0 saturated carbocycles. The summed E-state index contributed by atoms with van der Waals surface area (Å²) in [6, 6.07) is 47.3. The second-order valence-electron chi connectivity index (χ2n) is 11.0. The fourth-order valence-corrected chi connectivity index (χ4v) is 6.36. The van der Waals surface area contributed by atoms with E-state index in [0.717, 1.165) is 77.5 Å². The first-order valence-corrected chi connectivity index (χ1v) is 14.7. The SMILES string of the molecule is c1ccc(C2=NC(c3ccccc3)NC(c3cccc4oc5cccc(-c6cccc7c6oc6ccccc67)c5c34)=N2)cc1. The minimum atomic E-state index is -0.295. The number of furan rings is 2. The average Bonchev–Trinajstić information content (AvgIpc) is 3.68. The molecule has 0 spiro atoms. The van der Waals surface area contributed by atoms with Crippen LogP contribution in [0, 0.1) is 0 Å². The van der Waals surface area contributed by atoms with Crippen LogP contribution in [0.1, 0.15) is 22.9 Å². The topological polar surface area (TPSA) is 63.0 Å². The summed E-state index contributed by atoms with van der Waals surface area (Å²) in [5.74, 6) is 1.43. The second-order valence-corrected chi connectivity index (χ2v) is 11.0. The van der Waals surface area contributed by atoms with Crippen molar-refractivity contribution in [2.24, 2.45) is 9.98 Å². The molecule has 208 valence electrons. The largest absolute Gasteiger partial charge is 0.456 e. The standard InChI is InChI=1S/C39H25N3O2/c1-3-12-24(13-4-1)37-40-38(25-14-5-2-6-15-25)42-39(41-37)30-20-11-23-33-35(30)34-27(17-10-22-32(34)43-33)29-19-9-18-28-26-16-7-8-21-31(26)44-36(28)29/h1-23,37H,(H,40,41,42). The Balaban J connectivity index is 1.29. The van der Waals surface area contributed by atoms with Gasteiger partial charge in [-0.05, 0) is 29.3 Å². The highest BCUT2D eigenvalue weighted by Crippen LogP contribution is 2.42. The minimum Gasteiger partial charge on any atom is -0.456 e. The van der Waals surface area contributed by atoms with E-state index in [2.05, 4.69) is 53.8 Å². The molecule has 0 amide bonds. The highest BCUT2D eigenvalue weighted by Gasteiger charge is 2.25. The van der Waals surface area contributed by atoms with Gasteiger partial charge in [0.1, 0.15) is 34.3 Å². The lowest BCUT2D eigenvalue weighted by molar-refractivity contribution is 0.667. The van der Waals surface area contributed by atoms with Gasteiger partial charge in [0.15, 0.2) is 5.84 Å². The van der Waals surface area contributed by atoms with E-state index in [9.17, 15) is 0 Å². The maximum absolute atomic E-state index is 6.50. The first-order chi connectivity index (χ1) is 21.8. The van der Waals surface area contributed by atoms with Crippen LogP contribution in [0.5, 0.6) is 0 Å². The Hall–Kier alpha value is -5.94. The summed E-state index contributed by atoms with van der Waals surface area (Å²) < 4.78 is 13.0. The van der Waals surface area contributed by atoms with Crippen LogP contribution in [0.3, 0.4) is 0 Å². The molecule has 9 rings (SSSR count). The molecule has 6 aromatic carbocycles. The molecule has 0 bridgehead atoms. The molecule has 1 atom stereocenters. The summed E-state index contributed by atoms with van der Waals surface area (Å²) in [7, 11) is 0. The number of hydrogen-bond donors (Lipinski definition) is 1. The molecule has 0 saturated heterocycles. The molecular weight excluding hydrogens is 542 g/mol. The molecule has 1 N–H and O–H groups in total. The maximum Gasteiger partial charge on any atom is 0.159 e. The van der Waals surface area contributed by atoms with Gasteiger partial charge in [-0.25, -0.2) is 9.98 Å². The van der Waals surface area contributed by atoms with E-state index in [1.807, 2.05) is 91.0 Å². The number of fused-ring (bicyclic) bond motifs is 6. The predicted octanol–water partition coefficient (Wildman–Crippen LogP) is 9.65. The summed E-state index contributed by atoms with van der Waals surface area (Å²) in [6.45, 7) is 0. The van der Waals surface area contributed by atoms with Crippen LogP contribution in [0.15, 0.2) is 158 Å². The molecule has 44 heavy (non-hydrogen) atoms. The van der Waals surface area contributed by atoms with Crippen LogP contribution < -0.4 is 5.32 Å². The summed E-state index contributed by atoms with van der Waals surface area (Å²) in [6.07, 6.45) is -0.295. The molecule has 0 fully saturated rings. The van der Waals surface area contributed by atoms with Crippen molar-refractivity contribution in [3.63, 3.8) is 0 Å². The molecule has 1 aliphatic rings. The smallest absolute Gasteiger partial charge is 0.159 e. The van der Waals surface area contributed by atoms with Gasteiger partial charge in [0.2, 0.25) is 0 Å². The van der Waals surface area contributed by atoms with E-state index >= 15 is 0 Å². The number of nitrogens with one attached hydrogen (secondary N) is 1. The van der Waals surface area contributed by atoms with Crippen LogP contribution in [0.25, 0.3) is 55.0 Å². The van der Waals surface area contributed by atoms with E-state index in [-0.39, 0.29) is 6.17 Å². The van der Waals surface area contributed by atoms with Crippen molar-refractivity contribution in [1.82, 2.24) is 5.32 Å². The first-order valence-electron chi connectivity index (χ1n) is 14.7. The molecule has 5 nitrogen and oxygen atoms in total. The van der Waals surface area contributed by atoms with Crippen LogP contribution in [0.4, 0.5) is 0 Å². The van der Waals surface area contributed by atoms with E-state index in [1.165, 1.54) is 0 Å².